The molecule has 0 aliphatic heterocycles. The summed E-state index contributed by atoms with van der Waals surface area (Å²) in [6.45, 7) is 1.30. The summed E-state index contributed by atoms with van der Waals surface area (Å²) in [5, 5.41) is 16.7. The van der Waals surface area contributed by atoms with Crippen LogP contribution in [-0.2, 0) is 14.8 Å². The zero-order chi connectivity index (χ0) is 13.5. The van der Waals surface area contributed by atoms with E-state index in [-0.39, 0.29) is 11.8 Å². The second-order valence-electron chi connectivity index (χ2n) is 5.16. The van der Waals surface area contributed by atoms with Crippen LogP contribution in [0.5, 0.6) is 0 Å². The van der Waals surface area contributed by atoms with Crippen molar-refractivity contribution in [3.63, 3.8) is 0 Å². The largest absolute Gasteiger partial charge is 0.481 e. The maximum Gasteiger partial charge on any atom is 0.308 e. The van der Waals surface area contributed by atoms with Gasteiger partial charge in [-0.2, -0.15) is 5.26 Å². The minimum atomic E-state index is -3.76. The molecule has 5 atom stereocenters. The lowest BCUT2D eigenvalue weighted by Crippen LogP contribution is -2.48. The molecule has 2 fully saturated rings. The molecule has 0 aromatic rings. The molecule has 0 spiro atoms. The molecule has 0 aromatic carbocycles. The van der Waals surface area contributed by atoms with Crippen molar-refractivity contribution in [1.82, 2.24) is 4.72 Å². The number of nitriles is 1. The second-order valence-corrected chi connectivity index (χ2v) is 7.19. The predicted octanol–water partition coefficient (Wildman–Crippen LogP) is 0.317. The van der Waals surface area contributed by atoms with Crippen LogP contribution in [0.1, 0.15) is 26.2 Å². The summed E-state index contributed by atoms with van der Waals surface area (Å²) < 4.78 is 26.1. The Bertz CT molecular complexity index is 496. The fourth-order valence-electron chi connectivity index (χ4n) is 3.18. The Morgan fingerprint density at radius 1 is 1.44 bits per heavy atom. The van der Waals surface area contributed by atoms with Gasteiger partial charge in [0.25, 0.3) is 0 Å². The molecule has 0 radical (unpaired) electrons. The van der Waals surface area contributed by atoms with Crippen molar-refractivity contribution >= 4 is 16.0 Å². The number of nitrogens with one attached hydrogen (secondary N) is 1. The topological polar surface area (TPSA) is 107 Å². The van der Waals surface area contributed by atoms with Crippen LogP contribution in [0.25, 0.3) is 0 Å². The minimum Gasteiger partial charge on any atom is -0.481 e. The Morgan fingerprint density at radius 2 is 2.06 bits per heavy atom. The SMILES string of the molecule is CC(C#N)S(=O)(=O)NC1C2CCC(C2)C1C(=O)O. The summed E-state index contributed by atoms with van der Waals surface area (Å²) in [5.41, 5.74) is 0. The van der Waals surface area contributed by atoms with Gasteiger partial charge in [0.15, 0.2) is 5.25 Å². The number of carboxylic acids is 1. The van der Waals surface area contributed by atoms with Crippen molar-refractivity contribution in [2.24, 2.45) is 17.8 Å². The number of aliphatic carboxylic acids is 1. The fourth-order valence-corrected chi connectivity index (χ4v) is 4.24. The van der Waals surface area contributed by atoms with Gasteiger partial charge in [-0.25, -0.2) is 13.1 Å². The molecule has 0 amide bonds. The van der Waals surface area contributed by atoms with Crippen LogP contribution in [0.3, 0.4) is 0 Å². The van der Waals surface area contributed by atoms with Gasteiger partial charge >= 0.3 is 5.97 Å². The zero-order valence-corrected chi connectivity index (χ0v) is 10.9. The number of sulfonamides is 1. The Labute approximate surface area is 106 Å². The molecule has 2 N–H and O–H groups in total. The average molecular weight is 272 g/mol. The van der Waals surface area contributed by atoms with Gasteiger partial charge in [-0.05, 0) is 38.0 Å². The first-order chi connectivity index (χ1) is 8.36. The monoisotopic (exact) mass is 272 g/mol. The van der Waals surface area contributed by atoms with E-state index in [2.05, 4.69) is 4.72 Å². The summed E-state index contributed by atoms with van der Waals surface area (Å²) in [6, 6.07) is 1.12. The highest BCUT2D eigenvalue weighted by atomic mass is 32.2. The van der Waals surface area contributed by atoms with Crippen molar-refractivity contribution in [1.29, 1.82) is 5.26 Å². The number of carbonyl (C=O) groups is 1. The van der Waals surface area contributed by atoms with Crippen LogP contribution in [0.2, 0.25) is 0 Å². The van der Waals surface area contributed by atoms with E-state index in [1.807, 2.05) is 0 Å². The van der Waals surface area contributed by atoms with E-state index in [4.69, 9.17) is 5.26 Å². The molecule has 2 aliphatic rings. The lowest BCUT2D eigenvalue weighted by molar-refractivity contribution is -0.144. The van der Waals surface area contributed by atoms with Gasteiger partial charge in [0.2, 0.25) is 10.0 Å². The van der Waals surface area contributed by atoms with Crippen molar-refractivity contribution < 1.29 is 18.3 Å². The van der Waals surface area contributed by atoms with E-state index in [1.165, 1.54) is 6.92 Å². The van der Waals surface area contributed by atoms with E-state index < -0.39 is 33.2 Å². The van der Waals surface area contributed by atoms with Gasteiger partial charge in [-0.3, -0.25) is 4.79 Å². The van der Waals surface area contributed by atoms with Crippen LogP contribution in [-0.4, -0.2) is 30.8 Å². The third-order valence-corrected chi connectivity index (χ3v) is 5.79. The Kier molecular flexibility index (Phi) is 3.34. The van der Waals surface area contributed by atoms with E-state index in [1.54, 1.807) is 6.07 Å². The standard InChI is InChI=1S/C11H16N2O4S/c1-6(5-12)18(16,17)13-10-8-3-2-7(4-8)9(10)11(14)15/h6-10,13H,2-4H2,1H3,(H,14,15). The summed E-state index contributed by atoms with van der Waals surface area (Å²) in [7, 11) is -3.76. The van der Waals surface area contributed by atoms with Crippen molar-refractivity contribution in [2.45, 2.75) is 37.5 Å². The van der Waals surface area contributed by atoms with Gasteiger partial charge in [-0.15, -0.1) is 0 Å². The number of fused-ring (bicyclic) bond motifs is 2. The smallest absolute Gasteiger partial charge is 0.308 e. The number of rotatable bonds is 4. The number of carboxylic acid groups (broad SMARTS) is 1. The Morgan fingerprint density at radius 3 is 2.61 bits per heavy atom. The van der Waals surface area contributed by atoms with Gasteiger partial charge in [0, 0.05) is 6.04 Å². The first-order valence-electron chi connectivity index (χ1n) is 6.00. The van der Waals surface area contributed by atoms with E-state index in [0.29, 0.717) is 0 Å². The molecule has 2 rings (SSSR count). The van der Waals surface area contributed by atoms with Gasteiger partial charge < -0.3 is 5.11 Å². The van der Waals surface area contributed by atoms with E-state index in [0.717, 1.165) is 19.3 Å². The highest BCUT2D eigenvalue weighted by Crippen LogP contribution is 2.48. The molecule has 5 unspecified atom stereocenters. The fraction of sp³-hybridized carbons (Fsp3) is 0.818. The third-order valence-electron chi connectivity index (χ3n) is 4.15. The molecule has 2 saturated carbocycles. The van der Waals surface area contributed by atoms with Gasteiger partial charge in [0.1, 0.15) is 0 Å². The lowest BCUT2D eigenvalue weighted by atomic mass is 9.85. The quantitative estimate of drug-likeness (QED) is 0.766. The maximum absolute atomic E-state index is 11.8. The summed E-state index contributed by atoms with van der Waals surface area (Å²) >= 11 is 0. The van der Waals surface area contributed by atoms with Crippen molar-refractivity contribution in [3.05, 3.63) is 0 Å². The first kappa shape index (κ1) is 13.3. The zero-order valence-electron chi connectivity index (χ0n) is 10.0. The number of hydrogen-bond donors (Lipinski definition) is 2. The Balaban J connectivity index is 2.19. The van der Waals surface area contributed by atoms with E-state index >= 15 is 0 Å². The molecule has 2 bridgehead atoms. The van der Waals surface area contributed by atoms with Crippen LogP contribution in [0, 0.1) is 29.1 Å². The summed E-state index contributed by atoms with van der Waals surface area (Å²) in [6.07, 6.45) is 2.49. The van der Waals surface area contributed by atoms with Gasteiger partial charge in [0.05, 0.1) is 12.0 Å². The maximum atomic E-state index is 11.8. The van der Waals surface area contributed by atoms with E-state index in [9.17, 15) is 18.3 Å². The molecule has 0 heterocycles. The summed E-state index contributed by atoms with van der Waals surface area (Å²) in [4.78, 5) is 11.2. The van der Waals surface area contributed by atoms with Crippen LogP contribution in [0.4, 0.5) is 0 Å². The lowest BCUT2D eigenvalue weighted by Gasteiger charge is -2.28. The molecular weight excluding hydrogens is 256 g/mol. The average Bonchev–Trinajstić information content (AvgIpc) is 2.87. The number of hydrogen-bond acceptors (Lipinski definition) is 4. The van der Waals surface area contributed by atoms with Crippen molar-refractivity contribution in [3.8, 4) is 6.07 Å². The second kappa shape index (κ2) is 4.52. The molecule has 18 heavy (non-hydrogen) atoms. The molecule has 0 aromatic heterocycles. The van der Waals surface area contributed by atoms with Crippen LogP contribution in [0.15, 0.2) is 0 Å². The predicted molar refractivity (Wildman–Crippen MR) is 62.9 cm³/mol. The normalized spacial score (nSPS) is 36.2. The molecule has 0 saturated heterocycles. The van der Waals surface area contributed by atoms with Crippen LogP contribution < -0.4 is 4.72 Å². The van der Waals surface area contributed by atoms with Crippen LogP contribution >= 0.6 is 0 Å². The Hall–Kier alpha value is -1.13. The molecule has 2 aliphatic carbocycles. The van der Waals surface area contributed by atoms with Crippen molar-refractivity contribution in [2.75, 3.05) is 0 Å². The molecule has 100 valence electrons. The molecule has 6 nitrogen and oxygen atoms in total. The summed E-state index contributed by atoms with van der Waals surface area (Å²) in [5.74, 6) is -1.43. The highest BCUT2D eigenvalue weighted by molar-refractivity contribution is 7.90. The molecule has 7 heteroatoms. The van der Waals surface area contributed by atoms with Gasteiger partial charge in [-0.1, -0.05) is 0 Å². The third kappa shape index (κ3) is 2.10. The molecular formula is C11H16N2O4S. The first-order valence-corrected chi connectivity index (χ1v) is 7.55. The minimum absolute atomic E-state index is 0.0672. The number of nitrogens with zero attached hydrogens (tertiary/aromatic N) is 1. The highest BCUT2D eigenvalue weighted by Gasteiger charge is 2.52.